The van der Waals surface area contributed by atoms with Crippen molar-refractivity contribution >= 4 is 57.8 Å². The summed E-state index contributed by atoms with van der Waals surface area (Å²) in [6, 6.07) is 22.5. The van der Waals surface area contributed by atoms with Gasteiger partial charge in [-0.15, -0.1) is 0 Å². The third-order valence-corrected chi connectivity index (χ3v) is 6.91. The third kappa shape index (κ3) is 7.50. The zero-order chi connectivity index (χ0) is 32.8. The highest BCUT2D eigenvalue weighted by atomic mass is 16.2. The first kappa shape index (κ1) is 30.9. The SMILES string of the molecule is C[n+]1cccc(NC(=O)c2ccc(NC(=O)c3ccc(C(=O)Nc4ccc(C(=O)Nc5ccc[n+](C)c5)c(N)c4)cc3N)cc2)c1. The second-order valence-corrected chi connectivity index (χ2v) is 10.5. The summed E-state index contributed by atoms with van der Waals surface area (Å²) in [6.07, 6.45) is 7.24. The summed E-state index contributed by atoms with van der Waals surface area (Å²) in [5.41, 5.74) is 15.7. The lowest BCUT2D eigenvalue weighted by Gasteiger charge is -2.12. The van der Waals surface area contributed by atoms with E-state index in [2.05, 4.69) is 21.3 Å². The fourth-order valence-electron chi connectivity index (χ4n) is 4.59. The molecule has 2 aromatic heterocycles. The maximum absolute atomic E-state index is 12.9. The van der Waals surface area contributed by atoms with E-state index in [1.807, 2.05) is 37.1 Å². The number of rotatable bonds is 8. The van der Waals surface area contributed by atoms with Crippen LogP contribution >= 0.6 is 0 Å². The molecule has 4 amide bonds. The van der Waals surface area contributed by atoms with Crippen molar-refractivity contribution in [2.45, 2.75) is 0 Å². The maximum atomic E-state index is 12.9. The van der Waals surface area contributed by atoms with E-state index in [0.29, 0.717) is 28.3 Å². The largest absolute Gasteiger partial charge is 0.398 e. The van der Waals surface area contributed by atoms with Gasteiger partial charge < -0.3 is 32.7 Å². The Labute approximate surface area is 264 Å². The molecule has 5 rings (SSSR count). The molecule has 0 unspecified atom stereocenters. The molecule has 0 spiro atoms. The van der Waals surface area contributed by atoms with Gasteiger partial charge in [0.15, 0.2) is 24.8 Å². The lowest BCUT2D eigenvalue weighted by molar-refractivity contribution is -0.670. The predicted molar refractivity (Wildman–Crippen MR) is 175 cm³/mol. The van der Waals surface area contributed by atoms with E-state index in [0.717, 1.165) is 0 Å². The first-order valence-corrected chi connectivity index (χ1v) is 14.1. The summed E-state index contributed by atoms with van der Waals surface area (Å²) >= 11 is 0. The minimum Gasteiger partial charge on any atom is -0.398 e. The van der Waals surface area contributed by atoms with Crippen molar-refractivity contribution in [1.82, 2.24) is 0 Å². The van der Waals surface area contributed by atoms with Crippen molar-refractivity contribution in [3.8, 4) is 0 Å². The number of hydrogen-bond donors (Lipinski definition) is 6. The molecule has 2 heterocycles. The van der Waals surface area contributed by atoms with Crippen LogP contribution in [0.3, 0.4) is 0 Å². The number of nitrogens with zero attached hydrogens (tertiary/aromatic N) is 2. The lowest BCUT2D eigenvalue weighted by atomic mass is 10.1. The van der Waals surface area contributed by atoms with Crippen molar-refractivity contribution in [2.24, 2.45) is 14.1 Å². The van der Waals surface area contributed by atoms with Gasteiger partial charge in [-0.25, -0.2) is 9.13 Å². The van der Waals surface area contributed by atoms with Crippen molar-refractivity contribution < 1.29 is 28.3 Å². The second-order valence-electron chi connectivity index (χ2n) is 10.5. The normalized spacial score (nSPS) is 10.5. The van der Waals surface area contributed by atoms with Crippen LogP contribution in [0.4, 0.5) is 34.1 Å². The number of carbonyl (C=O) groups excluding carboxylic acids is 4. The van der Waals surface area contributed by atoms with E-state index in [-0.39, 0.29) is 39.9 Å². The number of benzene rings is 3. The molecule has 0 saturated carbocycles. The molecule has 230 valence electrons. The molecule has 0 fully saturated rings. The number of aromatic nitrogens is 2. The van der Waals surface area contributed by atoms with Gasteiger partial charge >= 0.3 is 0 Å². The monoisotopic (exact) mass is 616 g/mol. The highest BCUT2D eigenvalue weighted by molar-refractivity contribution is 6.12. The van der Waals surface area contributed by atoms with Crippen LogP contribution in [0.15, 0.2) is 110 Å². The van der Waals surface area contributed by atoms with Crippen molar-refractivity contribution in [2.75, 3.05) is 32.7 Å². The molecular formula is C34H32N8O4+2. The van der Waals surface area contributed by atoms with Crippen LogP contribution in [0.2, 0.25) is 0 Å². The van der Waals surface area contributed by atoms with E-state index in [4.69, 9.17) is 11.5 Å². The maximum Gasteiger partial charge on any atom is 0.257 e. The number of nitrogen functional groups attached to an aromatic ring is 2. The van der Waals surface area contributed by atoms with Crippen LogP contribution in [0.5, 0.6) is 0 Å². The minimum absolute atomic E-state index is 0.0954. The molecule has 0 saturated heterocycles. The standard InChI is InChI=1S/C34H30N8O4/c1-41-15-3-5-25(19-41)39-31(43)21-7-10-23(11-8-21)37-33(45)27-13-9-22(17-29(27)35)32(44)38-24-12-14-28(30(36)18-24)34(46)40-26-6-4-16-42(2)20-26/h3-20H,1-2H3,(H6-2,35,36,37,38,39,40,43,44,45,46)/p+2. The Balaban J connectivity index is 1.18. The Kier molecular flexibility index (Phi) is 8.99. The van der Waals surface area contributed by atoms with Gasteiger partial charge in [-0.05, 0) is 72.8 Å². The first-order chi connectivity index (χ1) is 22.0. The fraction of sp³-hybridized carbons (Fsp3) is 0.0588. The van der Waals surface area contributed by atoms with E-state index in [1.54, 1.807) is 65.5 Å². The van der Waals surface area contributed by atoms with E-state index >= 15 is 0 Å². The van der Waals surface area contributed by atoms with Gasteiger partial charge in [0, 0.05) is 46.0 Å². The average molecular weight is 617 g/mol. The number of pyridine rings is 2. The molecule has 0 atom stereocenters. The zero-order valence-corrected chi connectivity index (χ0v) is 25.1. The number of amides is 4. The Morgan fingerprint density at radius 2 is 0.935 bits per heavy atom. The topological polar surface area (TPSA) is 176 Å². The number of nitrogens with one attached hydrogen (secondary N) is 4. The summed E-state index contributed by atoms with van der Waals surface area (Å²) < 4.78 is 3.63. The molecule has 0 aliphatic heterocycles. The van der Waals surface area contributed by atoms with Gasteiger partial charge in [0.05, 0.1) is 11.1 Å². The van der Waals surface area contributed by atoms with Crippen LogP contribution < -0.4 is 41.9 Å². The molecule has 5 aromatic rings. The molecule has 0 aliphatic carbocycles. The van der Waals surface area contributed by atoms with Gasteiger partial charge in [-0.2, -0.15) is 0 Å². The quantitative estimate of drug-likeness (QED) is 0.115. The van der Waals surface area contributed by atoms with E-state index < -0.39 is 11.8 Å². The molecule has 12 nitrogen and oxygen atoms in total. The van der Waals surface area contributed by atoms with Crippen LogP contribution in [-0.4, -0.2) is 23.6 Å². The van der Waals surface area contributed by atoms with Crippen molar-refractivity contribution in [3.63, 3.8) is 0 Å². The summed E-state index contributed by atoms with van der Waals surface area (Å²) in [7, 11) is 3.70. The van der Waals surface area contributed by atoms with Gasteiger partial charge in [0.25, 0.3) is 23.6 Å². The van der Waals surface area contributed by atoms with E-state index in [9.17, 15) is 19.2 Å². The number of anilines is 6. The van der Waals surface area contributed by atoms with Gasteiger partial charge in [0.2, 0.25) is 0 Å². The van der Waals surface area contributed by atoms with Crippen molar-refractivity contribution in [3.05, 3.63) is 132 Å². The highest BCUT2D eigenvalue weighted by Gasteiger charge is 2.16. The van der Waals surface area contributed by atoms with Crippen LogP contribution in [-0.2, 0) is 14.1 Å². The number of hydrogen-bond acceptors (Lipinski definition) is 6. The molecule has 0 aliphatic rings. The van der Waals surface area contributed by atoms with Crippen LogP contribution in [0.1, 0.15) is 41.4 Å². The fourth-order valence-corrected chi connectivity index (χ4v) is 4.59. The van der Waals surface area contributed by atoms with Crippen molar-refractivity contribution in [1.29, 1.82) is 0 Å². The first-order valence-electron chi connectivity index (χ1n) is 14.1. The molecule has 3 aromatic carbocycles. The van der Waals surface area contributed by atoms with Gasteiger partial charge in [-0.1, -0.05) is 0 Å². The summed E-state index contributed by atoms with van der Waals surface area (Å²) in [5.74, 6) is -1.64. The third-order valence-electron chi connectivity index (χ3n) is 6.91. The lowest BCUT2D eigenvalue weighted by Crippen LogP contribution is -2.27. The molecule has 46 heavy (non-hydrogen) atoms. The molecular weight excluding hydrogens is 584 g/mol. The second kappa shape index (κ2) is 13.4. The smallest absolute Gasteiger partial charge is 0.257 e. The minimum atomic E-state index is -0.482. The van der Waals surface area contributed by atoms with Crippen LogP contribution in [0, 0.1) is 0 Å². The summed E-state index contributed by atoms with van der Waals surface area (Å²) in [4.78, 5) is 51.2. The predicted octanol–water partition coefficient (Wildman–Crippen LogP) is 3.51. The molecule has 0 bridgehead atoms. The summed E-state index contributed by atoms with van der Waals surface area (Å²) in [5, 5.41) is 11.1. The number of nitrogens with two attached hydrogens (primary N) is 2. The van der Waals surface area contributed by atoms with Gasteiger partial charge in [-0.3, -0.25) is 19.2 Å². The average Bonchev–Trinajstić information content (AvgIpc) is 3.01. The Morgan fingerprint density at radius 1 is 0.500 bits per heavy atom. The highest BCUT2D eigenvalue weighted by Crippen LogP contribution is 2.22. The number of aryl methyl sites for hydroxylation is 2. The van der Waals surface area contributed by atoms with Gasteiger partial charge in [0.1, 0.15) is 25.5 Å². The van der Waals surface area contributed by atoms with Crippen LogP contribution in [0.25, 0.3) is 0 Å². The Hall–Kier alpha value is -6.56. The summed E-state index contributed by atoms with van der Waals surface area (Å²) in [6.45, 7) is 0. The zero-order valence-electron chi connectivity index (χ0n) is 25.1. The van der Waals surface area contributed by atoms with E-state index in [1.165, 1.54) is 30.3 Å². The Bertz CT molecular complexity index is 1980. The molecule has 0 radical (unpaired) electrons. The number of carbonyl (C=O) groups is 4. The molecule has 12 heteroatoms. The Morgan fingerprint density at radius 3 is 1.48 bits per heavy atom. The molecule has 8 N–H and O–H groups in total.